The molecule has 0 saturated carbocycles. The third-order valence-corrected chi connectivity index (χ3v) is 8.56. The number of esters is 1. The number of unbranched alkanes of at least 4 members (excludes halogenated alkanes) is 6. The van der Waals surface area contributed by atoms with Gasteiger partial charge >= 0.3 is 5.97 Å². The van der Waals surface area contributed by atoms with E-state index in [1.54, 1.807) is 15.9 Å². The quantitative estimate of drug-likeness (QED) is 0.163. The molecule has 0 aromatic heterocycles. The van der Waals surface area contributed by atoms with Crippen molar-refractivity contribution in [2.45, 2.75) is 102 Å². The van der Waals surface area contributed by atoms with Gasteiger partial charge in [0.2, 0.25) is 11.8 Å². The first-order valence-electron chi connectivity index (χ1n) is 14.6. The number of hydrogen-bond donors (Lipinski definition) is 1. The lowest BCUT2D eigenvalue weighted by molar-refractivity contribution is -0.160. The van der Waals surface area contributed by atoms with Gasteiger partial charge in [0.1, 0.15) is 17.6 Å². The predicted octanol–water partition coefficient (Wildman–Crippen LogP) is 4.02. The zero-order valence-electron chi connectivity index (χ0n) is 23.5. The summed E-state index contributed by atoms with van der Waals surface area (Å²) in [6.45, 7) is 13.4. The number of carbonyl (C=O) groups excluding carboxylic acids is 3. The minimum Gasteiger partial charge on any atom is -0.465 e. The lowest BCUT2D eigenvalue weighted by Gasteiger charge is -2.37. The molecule has 3 aliphatic heterocycles. The summed E-state index contributed by atoms with van der Waals surface area (Å²) in [7, 11) is 0. The molecule has 2 unspecified atom stereocenters. The van der Waals surface area contributed by atoms with Gasteiger partial charge < -0.3 is 24.4 Å². The Balaban J connectivity index is 1.88. The third-order valence-electron chi connectivity index (χ3n) is 8.56. The van der Waals surface area contributed by atoms with Crippen LogP contribution in [0.4, 0.5) is 0 Å². The highest BCUT2D eigenvalue weighted by atomic mass is 16.6. The number of hydrogen-bond acceptors (Lipinski definition) is 6. The van der Waals surface area contributed by atoms with Crippen molar-refractivity contribution in [1.82, 2.24) is 9.80 Å². The molecular formula is C30H48N2O6. The number of nitrogens with zero attached hydrogens (tertiary/aromatic N) is 2. The molecule has 1 N–H and O–H groups in total. The van der Waals surface area contributed by atoms with Crippen LogP contribution in [-0.4, -0.2) is 82.8 Å². The van der Waals surface area contributed by atoms with E-state index >= 15 is 0 Å². The predicted molar refractivity (Wildman–Crippen MR) is 146 cm³/mol. The Labute approximate surface area is 228 Å². The maximum atomic E-state index is 14.2. The second-order valence-electron chi connectivity index (χ2n) is 11.3. The van der Waals surface area contributed by atoms with Crippen LogP contribution in [0.5, 0.6) is 0 Å². The molecule has 8 heteroatoms. The fourth-order valence-corrected chi connectivity index (χ4v) is 6.67. The zero-order valence-corrected chi connectivity index (χ0v) is 23.5. The molecule has 2 bridgehead atoms. The molecule has 1 spiro atoms. The van der Waals surface area contributed by atoms with Gasteiger partial charge in [-0.25, -0.2) is 0 Å². The summed E-state index contributed by atoms with van der Waals surface area (Å²) in [5.74, 6) is -2.12. The minimum absolute atomic E-state index is 0.118. The number of likely N-dealkylation sites (tertiary alicyclic amines) is 1. The lowest BCUT2D eigenvalue weighted by Crippen LogP contribution is -2.56. The Hall–Kier alpha value is -2.19. The Bertz CT molecular complexity index is 862. The first-order chi connectivity index (χ1) is 18.3. The van der Waals surface area contributed by atoms with E-state index in [0.717, 1.165) is 57.8 Å². The number of aliphatic hydroxyl groups excluding tert-OH is 1. The average Bonchev–Trinajstić information content (AvgIpc) is 3.46. The summed E-state index contributed by atoms with van der Waals surface area (Å²) in [5, 5.41) is 9.12. The Morgan fingerprint density at radius 1 is 1.13 bits per heavy atom. The highest BCUT2D eigenvalue weighted by Gasteiger charge is 2.78. The van der Waals surface area contributed by atoms with E-state index in [0.29, 0.717) is 39.1 Å². The van der Waals surface area contributed by atoms with Gasteiger partial charge in [0, 0.05) is 26.2 Å². The fraction of sp³-hybridized carbons (Fsp3) is 0.767. The van der Waals surface area contributed by atoms with Crippen LogP contribution in [0.25, 0.3) is 0 Å². The van der Waals surface area contributed by atoms with E-state index in [2.05, 4.69) is 20.1 Å². The van der Waals surface area contributed by atoms with E-state index in [1.807, 2.05) is 13.0 Å². The topological polar surface area (TPSA) is 96.4 Å². The number of ether oxygens (including phenoxy) is 2. The molecule has 0 aromatic carbocycles. The third kappa shape index (κ3) is 6.01. The Kier molecular flexibility index (Phi) is 11.0. The van der Waals surface area contributed by atoms with Gasteiger partial charge in [-0.1, -0.05) is 38.3 Å². The molecule has 38 heavy (non-hydrogen) atoms. The molecule has 3 saturated heterocycles. The van der Waals surface area contributed by atoms with E-state index < -0.39 is 35.0 Å². The van der Waals surface area contributed by atoms with Crippen LogP contribution in [0.15, 0.2) is 25.3 Å². The molecule has 0 radical (unpaired) electrons. The molecule has 2 amide bonds. The molecule has 3 heterocycles. The maximum Gasteiger partial charge on any atom is 0.312 e. The largest absolute Gasteiger partial charge is 0.465 e. The molecule has 5 atom stereocenters. The van der Waals surface area contributed by atoms with Crippen molar-refractivity contribution in [3.63, 3.8) is 0 Å². The van der Waals surface area contributed by atoms with Gasteiger partial charge in [-0.3, -0.25) is 14.4 Å². The van der Waals surface area contributed by atoms with E-state index in [1.165, 1.54) is 0 Å². The molecule has 0 aromatic rings. The highest BCUT2D eigenvalue weighted by Crippen LogP contribution is 2.63. The first kappa shape index (κ1) is 30.4. The SMILES string of the molecule is C=CCCCCOC(=O)[C@H]1[C@H]2C(=O)N(CCCCCCO)C(C(=O)N(CC=C)CCCC)C23CC[C@]1(C)O3. The minimum atomic E-state index is -1.02. The van der Waals surface area contributed by atoms with Crippen LogP contribution < -0.4 is 0 Å². The summed E-state index contributed by atoms with van der Waals surface area (Å²) in [5.41, 5.74) is -1.84. The van der Waals surface area contributed by atoms with Gasteiger partial charge in [0.25, 0.3) is 0 Å². The summed E-state index contributed by atoms with van der Waals surface area (Å²) in [6, 6.07) is -0.762. The van der Waals surface area contributed by atoms with E-state index in [-0.39, 0.29) is 18.4 Å². The van der Waals surface area contributed by atoms with Crippen molar-refractivity contribution in [2.75, 3.05) is 32.8 Å². The Morgan fingerprint density at radius 3 is 2.58 bits per heavy atom. The Morgan fingerprint density at radius 2 is 1.89 bits per heavy atom. The first-order valence-corrected chi connectivity index (χ1v) is 14.6. The van der Waals surface area contributed by atoms with Crippen LogP contribution in [0, 0.1) is 11.8 Å². The van der Waals surface area contributed by atoms with Crippen molar-refractivity contribution in [1.29, 1.82) is 0 Å². The molecule has 0 aliphatic carbocycles. The number of amides is 2. The van der Waals surface area contributed by atoms with Crippen molar-refractivity contribution < 1.29 is 29.0 Å². The smallest absolute Gasteiger partial charge is 0.312 e. The number of carbonyl (C=O) groups is 3. The van der Waals surface area contributed by atoms with Crippen molar-refractivity contribution >= 4 is 17.8 Å². The molecular weight excluding hydrogens is 484 g/mol. The maximum absolute atomic E-state index is 14.2. The van der Waals surface area contributed by atoms with Gasteiger partial charge in [0.15, 0.2) is 0 Å². The second-order valence-corrected chi connectivity index (χ2v) is 11.3. The summed E-state index contributed by atoms with van der Waals surface area (Å²) in [6.07, 6.45) is 12.2. The summed E-state index contributed by atoms with van der Waals surface area (Å²) < 4.78 is 12.4. The van der Waals surface area contributed by atoms with Gasteiger partial charge in [0.05, 0.1) is 18.1 Å². The zero-order chi connectivity index (χ0) is 27.8. The van der Waals surface area contributed by atoms with E-state index in [4.69, 9.17) is 14.6 Å². The van der Waals surface area contributed by atoms with Gasteiger partial charge in [-0.2, -0.15) is 0 Å². The van der Waals surface area contributed by atoms with E-state index in [9.17, 15) is 14.4 Å². The van der Waals surface area contributed by atoms with Crippen molar-refractivity contribution in [3.05, 3.63) is 25.3 Å². The lowest BCUT2D eigenvalue weighted by atomic mass is 9.66. The van der Waals surface area contributed by atoms with Crippen molar-refractivity contribution in [2.24, 2.45) is 11.8 Å². The summed E-state index contributed by atoms with van der Waals surface area (Å²) in [4.78, 5) is 45.1. The number of aliphatic hydroxyl groups is 1. The van der Waals surface area contributed by atoms with Gasteiger partial charge in [-0.05, 0) is 58.3 Å². The molecule has 3 fully saturated rings. The molecule has 8 nitrogen and oxygen atoms in total. The van der Waals surface area contributed by atoms with Crippen LogP contribution >= 0.6 is 0 Å². The molecule has 214 valence electrons. The average molecular weight is 533 g/mol. The number of fused-ring (bicyclic) bond motifs is 1. The highest BCUT2D eigenvalue weighted by molar-refractivity contribution is 5.98. The standard InChI is InChI=1S/C30H48N2O6/c1-5-8-10-15-22-37-28(36)24-23-26(34)32(20-13-11-12-14-21-33)25(30(23)17-16-29(24,4)38-30)27(35)31(18-7-3)19-9-6-2/h5,7,23-25,33H,1,3,6,8-22H2,2,4H3/t23-,24+,25?,29-,30?/m0/s1. The van der Waals surface area contributed by atoms with Gasteiger partial charge in [-0.15, -0.1) is 13.2 Å². The van der Waals surface area contributed by atoms with Crippen LogP contribution in [0.3, 0.4) is 0 Å². The van der Waals surface area contributed by atoms with Crippen molar-refractivity contribution in [3.8, 4) is 0 Å². The molecule has 3 aliphatic rings. The second kappa shape index (κ2) is 13.7. The monoisotopic (exact) mass is 532 g/mol. The summed E-state index contributed by atoms with van der Waals surface area (Å²) >= 11 is 0. The van der Waals surface area contributed by atoms with Crippen LogP contribution in [0.2, 0.25) is 0 Å². The van der Waals surface area contributed by atoms with Crippen LogP contribution in [-0.2, 0) is 23.9 Å². The number of rotatable bonds is 18. The normalized spacial score (nSPS) is 29.4. The molecule has 3 rings (SSSR count). The number of allylic oxidation sites excluding steroid dienone is 1. The fourth-order valence-electron chi connectivity index (χ4n) is 6.67. The van der Waals surface area contributed by atoms with Crippen LogP contribution in [0.1, 0.15) is 84.5 Å².